The Morgan fingerprint density at radius 2 is 1.93 bits per heavy atom. The van der Waals surface area contributed by atoms with Crippen LogP contribution in [0.2, 0.25) is 0 Å². The minimum absolute atomic E-state index is 0.0556. The molecule has 1 fully saturated rings. The third-order valence-corrected chi connectivity index (χ3v) is 6.28. The Labute approximate surface area is 170 Å². The van der Waals surface area contributed by atoms with E-state index in [1.54, 1.807) is 18.4 Å². The first-order chi connectivity index (χ1) is 13.6. The Hall–Kier alpha value is -2.22. The van der Waals surface area contributed by atoms with Gasteiger partial charge in [-0.3, -0.25) is 9.59 Å². The summed E-state index contributed by atoms with van der Waals surface area (Å²) in [4.78, 5) is 28.7. The summed E-state index contributed by atoms with van der Waals surface area (Å²) in [6, 6.07) is 12.9. The normalized spacial score (nSPS) is 16.0. The van der Waals surface area contributed by atoms with Crippen LogP contribution >= 0.6 is 11.3 Å². The number of rotatable bonds is 7. The Balaban J connectivity index is 1.56. The molecule has 1 saturated heterocycles. The van der Waals surface area contributed by atoms with Crippen LogP contribution in [0.4, 0.5) is 0 Å². The van der Waals surface area contributed by atoms with Crippen molar-refractivity contribution in [1.82, 2.24) is 10.2 Å². The topological polar surface area (TPSA) is 70.5 Å². The lowest BCUT2D eigenvalue weighted by Gasteiger charge is -2.31. The molecule has 150 valence electrons. The number of piperazine rings is 1. The van der Waals surface area contributed by atoms with E-state index in [1.807, 2.05) is 4.90 Å². The number of benzene rings is 1. The second-order valence-corrected chi connectivity index (χ2v) is 8.30. The Kier molecular flexibility index (Phi) is 7.19. The number of carbonyl (C=O) groups excluding carboxylic acids is 2. The highest BCUT2D eigenvalue weighted by Crippen LogP contribution is 2.22. The molecular weight excluding hydrogens is 372 g/mol. The minimum atomic E-state index is 0.0556. The van der Waals surface area contributed by atoms with E-state index in [0.29, 0.717) is 26.2 Å². The number of likely N-dealkylation sites (N-methyl/N-ethyl adjacent to an activating group) is 1. The zero-order chi connectivity index (χ0) is 19.9. The van der Waals surface area contributed by atoms with Crippen LogP contribution in [-0.4, -0.2) is 63.0 Å². The molecule has 0 spiro atoms. The largest absolute Gasteiger partial charge is 0.354 e. The van der Waals surface area contributed by atoms with Gasteiger partial charge in [0.2, 0.25) is 0 Å². The molecule has 1 aromatic heterocycles. The number of nitrogens with zero attached hydrogens (tertiary/aromatic N) is 1. The molecule has 2 heterocycles. The predicted octanol–water partition coefficient (Wildman–Crippen LogP) is -0.818. The lowest BCUT2D eigenvalue weighted by Crippen LogP contribution is -3.16. The van der Waals surface area contributed by atoms with E-state index in [4.69, 9.17) is 0 Å². The smallest absolute Gasteiger partial charge is 0.278 e. The Bertz CT molecular complexity index is 768. The summed E-state index contributed by atoms with van der Waals surface area (Å²) in [5.41, 5.74) is 2.46. The maximum absolute atomic E-state index is 12.8. The fraction of sp³-hybridized carbons (Fsp3) is 0.429. The molecule has 1 atom stereocenters. The van der Waals surface area contributed by atoms with Gasteiger partial charge in [0.15, 0.2) is 13.1 Å². The minimum Gasteiger partial charge on any atom is -0.354 e. The van der Waals surface area contributed by atoms with Crippen LogP contribution in [0.1, 0.15) is 22.0 Å². The zero-order valence-corrected chi connectivity index (χ0v) is 17.4. The van der Waals surface area contributed by atoms with E-state index >= 15 is 0 Å². The van der Waals surface area contributed by atoms with E-state index in [-0.39, 0.29) is 17.9 Å². The van der Waals surface area contributed by atoms with E-state index in [1.165, 1.54) is 20.9 Å². The summed E-state index contributed by atoms with van der Waals surface area (Å²) in [6.45, 7) is 6.08. The van der Waals surface area contributed by atoms with Gasteiger partial charge in [-0.1, -0.05) is 35.9 Å². The molecule has 0 unspecified atom stereocenters. The molecule has 2 aromatic rings. The van der Waals surface area contributed by atoms with Crippen molar-refractivity contribution >= 4 is 23.2 Å². The zero-order valence-electron chi connectivity index (χ0n) is 16.6. The van der Waals surface area contributed by atoms with Gasteiger partial charge in [-0.2, -0.15) is 0 Å². The average Bonchev–Trinajstić information content (AvgIpc) is 3.24. The molecule has 1 aliphatic heterocycles. The van der Waals surface area contributed by atoms with Crippen molar-refractivity contribution < 1.29 is 19.8 Å². The Morgan fingerprint density at radius 3 is 2.54 bits per heavy atom. The maximum atomic E-state index is 12.8. The maximum Gasteiger partial charge on any atom is 0.278 e. The third kappa shape index (κ3) is 5.41. The number of thiophene rings is 1. The molecule has 0 radical (unpaired) electrons. The van der Waals surface area contributed by atoms with Crippen molar-refractivity contribution in [2.24, 2.45) is 0 Å². The van der Waals surface area contributed by atoms with Crippen molar-refractivity contribution in [3.63, 3.8) is 0 Å². The van der Waals surface area contributed by atoms with Crippen molar-refractivity contribution in [3.05, 3.63) is 57.8 Å². The Morgan fingerprint density at radius 1 is 1.21 bits per heavy atom. The second kappa shape index (κ2) is 9.82. The molecule has 4 N–H and O–H groups in total. The van der Waals surface area contributed by atoms with Crippen molar-refractivity contribution in [1.29, 1.82) is 0 Å². The first-order valence-electron chi connectivity index (χ1n) is 9.82. The van der Waals surface area contributed by atoms with Gasteiger partial charge in [0, 0.05) is 12.6 Å². The monoisotopic (exact) mass is 402 g/mol. The molecule has 28 heavy (non-hydrogen) atoms. The number of hydrogen-bond acceptors (Lipinski definition) is 3. The lowest BCUT2D eigenvalue weighted by molar-refractivity contribution is -0.896. The molecule has 0 saturated carbocycles. The van der Waals surface area contributed by atoms with Gasteiger partial charge in [0.25, 0.3) is 11.8 Å². The SMILES string of the molecule is CNC(=O)C[NH+]1CCN(C(=O)C[NH2+][C@H](c2ccc(C)cc2)c2cccs2)CC1. The van der Waals surface area contributed by atoms with E-state index < -0.39 is 0 Å². The molecule has 1 aliphatic rings. The van der Waals surface area contributed by atoms with Crippen LogP contribution in [0.5, 0.6) is 0 Å². The lowest BCUT2D eigenvalue weighted by atomic mass is 10.0. The second-order valence-electron chi connectivity index (χ2n) is 7.32. The average molecular weight is 403 g/mol. The summed E-state index contributed by atoms with van der Waals surface area (Å²) in [6.07, 6.45) is 0. The quantitative estimate of drug-likeness (QED) is 0.567. The number of amides is 2. The summed E-state index contributed by atoms with van der Waals surface area (Å²) in [5, 5.41) is 6.89. The van der Waals surface area contributed by atoms with Crippen LogP contribution in [0.15, 0.2) is 41.8 Å². The van der Waals surface area contributed by atoms with Gasteiger partial charge in [-0.05, 0) is 18.4 Å². The van der Waals surface area contributed by atoms with Gasteiger partial charge in [-0.15, -0.1) is 11.3 Å². The highest BCUT2D eigenvalue weighted by molar-refractivity contribution is 7.10. The fourth-order valence-corrected chi connectivity index (χ4v) is 4.42. The fourth-order valence-electron chi connectivity index (χ4n) is 3.57. The number of nitrogens with two attached hydrogens (primary N) is 1. The van der Waals surface area contributed by atoms with Gasteiger partial charge in [0.05, 0.1) is 31.1 Å². The summed E-state index contributed by atoms with van der Waals surface area (Å²) in [7, 11) is 1.66. The van der Waals surface area contributed by atoms with Crippen LogP contribution in [0, 0.1) is 6.92 Å². The van der Waals surface area contributed by atoms with Gasteiger partial charge < -0.3 is 20.4 Å². The molecule has 7 heteroatoms. The van der Waals surface area contributed by atoms with E-state index in [9.17, 15) is 9.59 Å². The highest BCUT2D eigenvalue weighted by atomic mass is 32.1. The van der Waals surface area contributed by atoms with Gasteiger partial charge in [0.1, 0.15) is 6.04 Å². The molecule has 0 aliphatic carbocycles. The third-order valence-electron chi connectivity index (χ3n) is 5.33. The van der Waals surface area contributed by atoms with Crippen LogP contribution in [0.25, 0.3) is 0 Å². The number of aryl methyl sites for hydroxylation is 1. The molecule has 2 amide bonds. The van der Waals surface area contributed by atoms with Crippen LogP contribution < -0.4 is 15.5 Å². The van der Waals surface area contributed by atoms with E-state index in [0.717, 1.165) is 13.1 Å². The van der Waals surface area contributed by atoms with Crippen molar-refractivity contribution in [2.75, 3.05) is 46.3 Å². The molecule has 1 aromatic carbocycles. The number of carbonyl (C=O) groups is 2. The summed E-state index contributed by atoms with van der Waals surface area (Å²) >= 11 is 1.73. The molecular formula is C21H30N4O2S+2. The van der Waals surface area contributed by atoms with Crippen LogP contribution in [0.3, 0.4) is 0 Å². The van der Waals surface area contributed by atoms with Crippen molar-refractivity contribution in [3.8, 4) is 0 Å². The van der Waals surface area contributed by atoms with Gasteiger partial charge in [-0.25, -0.2) is 0 Å². The van der Waals surface area contributed by atoms with Crippen molar-refractivity contribution in [2.45, 2.75) is 13.0 Å². The molecule has 3 rings (SSSR count). The molecule has 0 bridgehead atoms. The first-order valence-corrected chi connectivity index (χ1v) is 10.7. The van der Waals surface area contributed by atoms with Crippen LogP contribution in [-0.2, 0) is 9.59 Å². The summed E-state index contributed by atoms with van der Waals surface area (Å²) in [5.74, 6) is 0.229. The number of hydrogen-bond donors (Lipinski definition) is 3. The number of nitrogens with one attached hydrogen (secondary N) is 2. The summed E-state index contributed by atoms with van der Waals surface area (Å²) < 4.78 is 0. The standard InChI is InChI=1S/C21H28N4O2S/c1-16-5-7-17(8-6-16)21(18-4-3-13-28-18)23-14-20(27)25-11-9-24(10-12-25)15-19(26)22-2/h3-8,13,21,23H,9-12,14-15H2,1-2H3,(H,22,26)/p+2/t21-/m1/s1. The predicted molar refractivity (Wildman–Crippen MR) is 110 cm³/mol. The molecule has 6 nitrogen and oxygen atoms in total. The number of quaternary nitrogens is 2. The highest BCUT2D eigenvalue weighted by Gasteiger charge is 2.27. The van der Waals surface area contributed by atoms with E-state index in [2.05, 4.69) is 59.3 Å². The van der Waals surface area contributed by atoms with Gasteiger partial charge >= 0.3 is 0 Å². The first kappa shape index (κ1) is 20.5.